The van der Waals surface area contributed by atoms with Gasteiger partial charge in [-0.1, -0.05) is 42.3 Å². The summed E-state index contributed by atoms with van der Waals surface area (Å²) < 4.78 is 31.8. The molecule has 0 unspecified atom stereocenters. The third kappa shape index (κ3) is 5.65. The summed E-state index contributed by atoms with van der Waals surface area (Å²) in [5.41, 5.74) is 1.81. The van der Waals surface area contributed by atoms with Gasteiger partial charge in [-0.05, 0) is 48.7 Å². The fourth-order valence-electron chi connectivity index (χ4n) is 3.64. The van der Waals surface area contributed by atoms with Crippen LogP contribution < -0.4 is 11.1 Å². The molecular weight excluding hydrogens is 444 g/mol. The SMILES string of the molecule is O=C(/C=C/c1ccc(S(=O)(=O)N2CCCCCC2)cc1)Nc1cccc(-c2noc(=O)[nH]2)c1. The Balaban J connectivity index is 1.40. The fraction of sp³-hybridized carbons (Fsp3) is 0.261. The highest BCUT2D eigenvalue weighted by atomic mass is 32.2. The molecule has 10 heteroatoms. The van der Waals surface area contributed by atoms with Crippen LogP contribution in [-0.2, 0) is 14.8 Å². The number of carbonyl (C=O) groups excluding carboxylic acids is 1. The van der Waals surface area contributed by atoms with Gasteiger partial charge in [-0.2, -0.15) is 4.31 Å². The number of aromatic amines is 1. The number of nitrogens with zero attached hydrogens (tertiary/aromatic N) is 2. The van der Waals surface area contributed by atoms with Crippen molar-refractivity contribution >= 4 is 27.7 Å². The number of amides is 1. The Hall–Kier alpha value is -3.50. The molecule has 0 bridgehead atoms. The van der Waals surface area contributed by atoms with Crippen LogP contribution in [0.25, 0.3) is 17.5 Å². The highest BCUT2D eigenvalue weighted by molar-refractivity contribution is 7.89. The van der Waals surface area contributed by atoms with Crippen LogP contribution in [0.1, 0.15) is 31.2 Å². The summed E-state index contributed by atoms with van der Waals surface area (Å²) in [5, 5.41) is 6.36. The second kappa shape index (κ2) is 9.97. The molecule has 1 aliphatic heterocycles. The van der Waals surface area contributed by atoms with E-state index in [1.165, 1.54) is 6.08 Å². The van der Waals surface area contributed by atoms with Gasteiger partial charge in [0.1, 0.15) is 0 Å². The minimum atomic E-state index is -3.50. The number of hydrogen-bond donors (Lipinski definition) is 2. The van der Waals surface area contributed by atoms with Gasteiger partial charge in [0, 0.05) is 30.4 Å². The molecule has 1 saturated heterocycles. The lowest BCUT2D eigenvalue weighted by molar-refractivity contribution is -0.111. The first-order valence-corrected chi connectivity index (χ1v) is 12.1. The number of nitrogens with one attached hydrogen (secondary N) is 2. The molecule has 1 aliphatic rings. The van der Waals surface area contributed by atoms with Gasteiger partial charge in [0.2, 0.25) is 15.9 Å². The first-order chi connectivity index (χ1) is 15.9. The van der Waals surface area contributed by atoms with E-state index in [-0.39, 0.29) is 16.6 Å². The number of anilines is 1. The maximum Gasteiger partial charge on any atom is 0.439 e. The fourth-order valence-corrected chi connectivity index (χ4v) is 5.15. The Morgan fingerprint density at radius 1 is 1.06 bits per heavy atom. The van der Waals surface area contributed by atoms with Crippen molar-refractivity contribution in [3.05, 3.63) is 70.7 Å². The predicted molar refractivity (Wildman–Crippen MR) is 124 cm³/mol. The average molecular weight is 469 g/mol. The molecule has 172 valence electrons. The van der Waals surface area contributed by atoms with Crippen molar-refractivity contribution in [1.82, 2.24) is 14.4 Å². The highest BCUT2D eigenvalue weighted by Gasteiger charge is 2.24. The van der Waals surface area contributed by atoms with Gasteiger partial charge in [-0.3, -0.25) is 14.3 Å². The Morgan fingerprint density at radius 3 is 2.45 bits per heavy atom. The Morgan fingerprint density at radius 2 is 1.79 bits per heavy atom. The van der Waals surface area contributed by atoms with Gasteiger partial charge < -0.3 is 5.32 Å². The van der Waals surface area contributed by atoms with Crippen molar-refractivity contribution in [2.75, 3.05) is 18.4 Å². The van der Waals surface area contributed by atoms with Crippen LogP contribution in [-0.4, -0.2) is 41.9 Å². The molecule has 33 heavy (non-hydrogen) atoms. The number of aromatic nitrogens is 2. The summed E-state index contributed by atoms with van der Waals surface area (Å²) >= 11 is 0. The summed E-state index contributed by atoms with van der Waals surface area (Å²) in [6, 6.07) is 13.3. The number of benzene rings is 2. The lowest BCUT2D eigenvalue weighted by Gasteiger charge is -2.19. The first-order valence-electron chi connectivity index (χ1n) is 10.7. The standard InChI is InChI=1S/C23H24N4O5S/c28-21(24-19-7-5-6-18(16-19)22-25-23(29)32-26-22)13-10-17-8-11-20(12-9-17)33(30,31)27-14-3-1-2-4-15-27/h5-13,16H,1-4,14-15H2,(H,24,28)(H,25,26,29)/b13-10+. The normalized spacial score (nSPS) is 15.4. The third-order valence-electron chi connectivity index (χ3n) is 5.35. The van der Waals surface area contributed by atoms with Gasteiger partial charge in [-0.25, -0.2) is 13.2 Å². The summed E-state index contributed by atoms with van der Waals surface area (Å²) in [4.78, 5) is 26.1. The third-order valence-corrected chi connectivity index (χ3v) is 7.27. The molecule has 9 nitrogen and oxygen atoms in total. The summed E-state index contributed by atoms with van der Waals surface area (Å²) in [7, 11) is -3.50. The maximum absolute atomic E-state index is 12.9. The zero-order chi connectivity index (χ0) is 23.3. The van der Waals surface area contributed by atoms with Crippen LogP contribution in [0, 0.1) is 0 Å². The van der Waals surface area contributed by atoms with E-state index in [0.29, 0.717) is 29.9 Å². The largest absolute Gasteiger partial charge is 0.439 e. The number of hydrogen-bond acceptors (Lipinski definition) is 6. The van der Waals surface area contributed by atoms with E-state index in [4.69, 9.17) is 0 Å². The molecule has 0 aliphatic carbocycles. The molecule has 1 amide bonds. The Kier molecular flexibility index (Phi) is 6.85. The van der Waals surface area contributed by atoms with E-state index < -0.39 is 15.8 Å². The van der Waals surface area contributed by atoms with E-state index in [0.717, 1.165) is 25.7 Å². The molecule has 1 fully saturated rings. The van der Waals surface area contributed by atoms with Gasteiger partial charge in [-0.15, -0.1) is 0 Å². The highest BCUT2D eigenvalue weighted by Crippen LogP contribution is 2.21. The molecule has 1 aromatic heterocycles. The van der Waals surface area contributed by atoms with Crippen molar-refractivity contribution in [2.24, 2.45) is 0 Å². The van der Waals surface area contributed by atoms with Crippen molar-refractivity contribution in [3.8, 4) is 11.4 Å². The molecule has 2 aromatic carbocycles. The maximum atomic E-state index is 12.9. The van der Waals surface area contributed by atoms with Crippen LogP contribution in [0.15, 0.2) is 68.8 Å². The number of rotatable bonds is 6. The first kappa shape index (κ1) is 22.7. The Labute approximate surface area is 191 Å². The van der Waals surface area contributed by atoms with E-state index in [1.54, 1.807) is 58.9 Å². The Bertz CT molecular complexity index is 1300. The number of carbonyl (C=O) groups is 1. The molecule has 0 spiro atoms. The second-order valence-corrected chi connectivity index (χ2v) is 9.67. The average Bonchev–Trinajstić information content (AvgIpc) is 3.06. The van der Waals surface area contributed by atoms with E-state index in [9.17, 15) is 18.0 Å². The summed E-state index contributed by atoms with van der Waals surface area (Å²) in [6.45, 7) is 1.11. The lowest BCUT2D eigenvalue weighted by Crippen LogP contribution is -2.31. The summed E-state index contributed by atoms with van der Waals surface area (Å²) in [5.74, 6) is -0.753. The van der Waals surface area contributed by atoms with Gasteiger partial charge in [0.25, 0.3) is 0 Å². The molecule has 4 rings (SSSR count). The minimum absolute atomic E-state index is 0.258. The van der Waals surface area contributed by atoms with Crippen LogP contribution in [0.4, 0.5) is 5.69 Å². The van der Waals surface area contributed by atoms with Crippen LogP contribution >= 0.6 is 0 Å². The molecule has 3 aromatic rings. The van der Waals surface area contributed by atoms with Crippen molar-refractivity contribution in [2.45, 2.75) is 30.6 Å². The van der Waals surface area contributed by atoms with Gasteiger partial charge in [0.15, 0.2) is 5.82 Å². The molecule has 0 radical (unpaired) electrons. The van der Waals surface area contributed by atoms with Crippen molar-refractivity contribution in [1.29, 1.82) is 0 Å². The van der Waals surface area contributed by atoms with Crippen molar-refractivity contribution in [3.63, 3.8) is 0 Å². The lowest BCUT2D eigenvalue weighted by atomic mass is 10.2. The zero-order valence-corrected chi connectivity index (χ0v) is 18.7. The molecule has 0 atom stereocenters. The van der Waals surface area contributed by atoms with Crippen molar-refractivity contribution < 1.29 is 17.7 Å². The topological polar surface area (TPSA) is 125 Å². The summed E-state index contributed by atoms with van der Waals surface area (Å²) in [6.07, 6.45) is 6.85. The number of sulfonamides is 1. The van der Waals surface area contributed by atoms with Crippen LogP contribution in [0.5, 0.6) is 0 Å². The van der Waals surface area contributed by atoms with Crippen LogP contribution in [0.3, 0.4) is 0 Å². The van der Waals surface area contributed by atoms with E-state index in [2.05, 4.69) is 20.0 Å². The zero-order valence-electron chi connectivity index (χ0n) is 17.9. The van der Waals surface area contributed by atoms with E-state index >= 15 is 0 Å². The predicted octanol–water partition coefficient (Wildman–Crippen LogP) is 3.25. The number of H-pyrrole nitrogens is 1. The smallest absolute Gasteiger partial charge is 0.322 e. The molecular formula is C23H24N4O5S. The molecule has 0 saturated carbocycles. The van der Waals surface area contributed by atoms with Crippen LogP contribution in [0.2, 0.25) is 0 Å². The second-order valence-electron chi connectivity index (χ2n) is 7.73. The van der Waals surface area contributed by atoms with Gasteiger partial charge >= 0.3 is 5.76 Å². The van der Waals surface area contributed by atoms with Gasteiger partial charge in [0.05, 0.1) is 4.90 Å². The van der Waals surface area contributed by atoms with E-state index in [1.807, 2.05) is 0 Å². The molecule has 2 N–H and O–H groups in total. The quantitative estimate of drug-likeness (QED) is 0.535. The molecule has 2 heterocycles. The monoisotopic (exact) mass is 468 g/mol. The minimum Gasteiger partial charge on any atom is -0.322 e.